The minimum atomic E-state index is 0.433. The van der Waals surface area contributed by atoms with Crippen LogP contribution in [-0.2, 0) is 0 Å². The number of nitrogens with zero attached hydrogens (tertiary/aromatic N) is 4. The van der Waals surface area contributed by atoms with Gasteiger partial charge in [-0.3, -0.25) is 0 Å². The Hall–Kier alpha value is -1.67. The van der Waals surface area contributed by atoms with E-state index >= 15 is 0 Å². The molecule has 102 valence electrons. The number of hydrogen-bond acceptors (Lipinski definition) is 5. The normalized spacial score (nSPS) is 18.8. The number of anilines is 1. The van der Waals surface area contributed by atoms with Crippen molar-refractivity contribution in [3.05, 3.63) is 18.0 Å². The molecule has 0 aliphatic carbocycles. The quantitative estimate of drug-likeness (QED) is 0.872. The average Bonchev–Trinajstić information content (AvgIpc) is 2.48. The minimum absolute atomic E-state index is 0.433. The first-order chi connectivity index (χ1) is 9.33. The summed E-state index contributed by atoms with van der Waals surface area (Å²) >= 11 is 0. The second-order valence-electron chi connectivity index (χ2n) is 4.95. The van der Waals surface area contributed by atoms with Gasteiger partial charge in [-0.2, -0.15) is 5.26 Å². The summed E-state index contributed by atoms with van der Waals surface area (Å²) in [6.45, 7) is 5.09. The van der Waals surface area contributed by atoms with Gasteiger partial charge in [-0.05, 0) is 31.9 Å². The van der Waals surface area contributed by atoms with E-state index in [4.69, 9.17) is 5.26 Å². The molecule has 1 saturated heterocycles. The molecule has 2 heterocycles. The molecular formula is C14H21N5. The van der Waals surface area contributed by atoms with Crippen molar-refractivity contribution in [2.24, 2.45) is 0 Å². The zero-order valence-electron chi connectivity index (χ0n) is 11.5. The molecule has 1 fully saturated rings. The maximum absolute atomic E-state index is 8.92. The van der Waals surface area contributed by atoms with E-state index in [1.165, 1.54) is 19.3 Å². The van der Waals surface area contributed by atoms with Crippen LogP contribution in [0.4, 0.5) is 5.95 Å². The van der Waals surface area contributed by atoms with E-state index < -0.39 is 0 Å². The van der Waals surface area contributed by atoms with Crippen LogP contribution in [0.5, 0.6) is 0 Å². The lowest BCUT2D eigenvalue weighted by Gasteiger charge is -2.30. The van der Waals surface area contributed by atoms with E-state index in [0.717, 1.165) is 26.1 Å². The summed E-state index contributed by atoms with van der Waals surface area (Å²) in [7, 11) is 0. The molecule has 1 unspecified atom stereocenters. The fourth-order valence-electron chi connectivity index (χ4n) is 2.45. The first-order valence-electron chi connectivity index (χ1n) is 7.05. The predicted octanol–water partition coefficient (Wildman–Crippen LogP) is 1.71. The third kappa shape index (κ3) is 3.90. The molecule has 0 aromatic carbocycles. The maximum Gasteiger partial charge on any atom is 0.226 e. The summed E-state index contributed by atoms with van der Waals surface area (Å²) in [4.78, 5) is 10.8. The van der Waals surface area contributed by atoms with Gasteiger partial charge in [0.05, 0.1) is 0 Å². The smallest absolute Gasteiger partial charge is 0.226 e. The molecule has 0 radical (unpaired) electrons. The Morgan fingerprint density at radius 3 is 3.11 bits per heavy atom. The number of nitrogens with one attached hydrogen (secondary N) is 1. The average molecular weight is 259 g/mol. The lowest BCUT2D eigenvalue weighted by Crippen LogP contribution is -2.44. The highest BCUT2D eigenvalue weighted by atomic mass is 15.3. The molecule has 19 heavy (non-hydrogen) atoms. The van der Waals surface area contributed by atoms with E-state index in [-0.39, 0.29) is 0 Å². The number of rotatable bonds is 5. The van der Waals surface area contributed by atoms with Crippen molar-refractivity contribution in [2.45, 2.75) is 38.6 Å². The Balaban J connectivity index is 2.07. The molecule has 0 spiro atoms. The number of nitriles is 1. The Bertz CT molecular complexity index is 434. The first kappa shape index (κ1) is 13.8. The van der Waals surface area contributed by atoms with Gasteiger partial charge in [-0.25, -0.2) is 9.97 Å². The molecule has 2 rings (SSSR count). The molecule has 1 N–H and O–H groups in total. The molecule has 1 atom stereocenters. The Morgan fingerprint density at radius 1 is 1.53 bits per heavy atom. The third-order valence-electron chi connectivity index (χ3n) is 3.39. The number of piperidine rings is 1. The van der Waals surface area contributed by atoms with Crippen molar-refractivity contribution in [2.75, 3.05) is 24.5 Å². The Morgan fingerprint density at radius 2 is 2.42 bits per heavy atom. The second kappa shape index (κ2) is 7.05. The van der Waals surface area contributed by atoms with Crippen LogP contribution in [0.15, 0.2) is 12.3 Å². The SMILES string of the molecule is CCCN(CC1CCCCN1)c1nccc(C#N)n1. The number of hydrogen-bond donors (Lipinski definition) is 1. The van der Waals surface area contributed by atoms with Crippen molar-refractivity contribution in [1.29, 1.82) is 5.26 Å². The van der Waals surface area contributed by atoms with Gasteiger partial charge >= 0.3 is 0 Å². The van der Waals surface area contributed by atoms with E-state index in [1.54, 1.807) is 12.3 Å². The van der Waals surface area contributed by atoms with Crippen molar-refractivity contribution in [3.63, 3.8) is 0 Å². The minimum Gasteiger partial charge on any atom is -0.339 e. The topological polar surface area (TPSA) is 64.8 Å². The summed E-state index contributed by atoms with van der Waals surface area (Å²) in [6.07, 6.45) is 6.48. The van der Waals surface area contributed by atoms with Crippen molar-refractivity contribution in [1.82, 2.24) is 15.3 Å². The van der Waals surface area contributed by atoms with E-state index in [2.05, 4.69) is 33.2 Å². The van der Waals surface area contributed by atoms with Crippen LogP contribution in [0, 0.1) is 11.3 Å². The Kier molecular flexibility index (Phi) is 5.10. The lowest BCUT2D eigenvalue weighted by molar-refractivity contribution is 0.397. The summed E-state index contributed by atoms with van der Waals surface area (Å²) in [5.74, 6) is 0.674. The lowest BCUT2D eigenvalue weighted by atomic mass is 10.0. The molecule has 1 aliphatic rings. The zero-order valence-corrected chi connectivity index (χ0v) is 11.5. The van der Waals surface area contributed by atoms with Crippen LogP contribution >= 0.6 is 0 Å². The molecule has 0 amide bonds. The molecule has 1 aromatic heterocycles. The van der Waals surface area contributed by atoms with Gasteiger partial charge in [0.2, 0.25) is 5.95 Å². The van der Waals surface area contributed by atoms with Crippen molar-refractivity contribution < 1.29 is 0 Å². The summed E-state index contributed by atoms with van der Waals surface area (Å²) in [5, 5.41) is 12.5. The fourth-order valence-corrected chi connectivity index (χ4v) is 2.45. The zero-order chi connectivity index (χ0) is 13.5. The maximum atomic E-state index is 8.92. The largest absolute Gasteiger partial charge is 0.339 e. The molecule has 0 bridgehead atoms. The van der Waals surface area contributed by atoms with Gasteiger partial charge in [-0.1, -0.05) is 13.3 Å². The molecule has 0 saturated carbocycles. The molecule has 5 heteroatoms. The highest BCUT2D eigenvalue weighted by molar-refractivity contribution is 5.33. The van der Waals surface area contributed by atoms with E-state index in [9.17, 15) is 0 Å². The van der Waals surface area contributed by atoms with Gasteiger partial charge in [0, 0.05) is 25.3 Å². The van der Waals surface area contributed by atoms with Gasteiger partial charge in [0.1, 0.15) is 11.8 Å². The molecule has 1 aromatic rings. The van der Waals surface area contributed by atoms with Gasteiger partial charge < -0.3 is 10.2 Å². The molecular weight excluding hydrogens is 238 g/mol. The highest BCUT2D eigenvalue weighted by Crippen LogP contribution is 2.13. The van der Waals surface area contributed by atoms with Crippen LogP contribution in [0.25, 0.3) is 0 Å². The molecule has 1 aliphatic heterocycles. The monoisotopic (exact) mass is 259 g/mol. The van der Waals surface area contributed by atoms with E-state index in [0.29, 0.717) is 17.7 Å². The molecule has 5 nitrogen and oxygen atoms in total. The van der Waals surface area contributed by atoms with Gasteiger partial charge in [0.15, 0.2) is 0 Å². The van der Waals surface area contributed by atoms with Crippen molar-refractivity contribution in [3.8, 4) is 6.07 Å². The number of aromatic nitrogens is 2. The standard InChI is InChI=1S/C14H21N5/c1-2-9-19(11-13-5-3-4-7-16-13)14-17-8-6-12(10-15)18-14/h6,8,13,16H,2-5,7,9,11H2,1H3. The fraction of sp³-hybridized carbons (Fsp3) is 0.643. The van der Waals surface area contributed by atoms with Crippen LogP contribution in [0.1, 0.15) is 38.3 Å². The van der Waals surface area contributed by atoms with Crippen molar-refractivity contribution >= 4 is 5.95 Å². The summed E-state index contributed by atoms with van der Waals surface area (Å²) in [6, 6.07) is 4.23. The third-order valence-corrected chi connectivity index (χ3v) is 3.39. The van der Waals surface area contributed by atoms with Crippen LogP contribution in [0.2, 0.25) is 0 Å². The van der Waals surface area contributed by atoms with Crippen LogP contribution in [-0.4, -0.2) is 35.6 Å². The van der Waals surface area contributed by atoms with Crippen LogP contribution < -0.4 is 10.2 Å². The summed E-state index contributed by atoms with van der Waals surface area (Å²) < 4.78 is 0. The summed E-state index contributed by atoms with van der Waals surface area (Å²) in [5.41, 5.74) is 0.433. The van der Waals surface area contributed by atoms with E-state index in [1.807, 2.05) is 0 Å². The Labute approximate surface area is 114 Å². The van der Waals surface area contributed by atoms with Crippen LogP contribution in [0.3, 0.4) is 0 Å². The highest BCUT2D eigenvalue weighted by Gasteiger charge is 2.18. The predicted molar refractivity (Wildman–Crippen MR) is 74.9 cm³/mol. The van der Waals surface area contributed by atoms with Gasteiger partial charge in [0.25, 0.3) is 0 Å². The first-order valence-corrected chi connectivity index (χ1v) is 7.05. The van der Waals surface area contributed by atoms with Gasteiger partial charge in [-0.15, -0.1) is 0 Å². The second-order valence-corrected chi connectivity index (χ2v) is 4.95.